The van der Waals surface area contributed by atoms with Crippen LogP contribution in [-0.2, 0) is 16.6 Å². The highest BCUT2D eigenvalue weighted by molar-refractivity contribution is 7.20. The van der Waals surface area contributed by atoms with Gasteiger partial charge in [0.1, 0.15) is 10.9 Å². The van der Waals surface area contributed by atoms with Crippen LogP contribution in [-0.4, -0.2) is 40.8 Å². The summed E-state index contributed by atoms with van der Waals surface area (Å²) in [5.74, 6) is -0.670. The summed E-state index contributed by atoms with van der Waals surface area (Å²) in [4.78, 5) is 37.5. The van der Waals surface area contributed by atoms with Gasteiger partial charge in [0.25, 0.3) is 5.91 Å². The molecule has 0 bridgehead atoms. The molecule has 0 spiro atoms. The van der Waals surface area contributed by atoms with Crippen LogP contribution >= 0.6 is 11.3 Å². The lowest BCUT2D eigenvalue weighted by Gasteiger charge is -2.14. The van der Waals surface area contributed by atoms with E-state index < -0.39 is 12.1 Å². The van der Waals surface area contributed by atoms with Crippen LogP contribution in [0.1, 0.15) is 22.3 Å². The zero-order valence-electron chi connectivity index (χ0n) is 16.4. The second kappa shape index (κ2) is 8.31. The zero-order valence-corrected chi connectivity index (χ0v) is 17.2. The molecule has 0 aliphatic carbocycles. The predicted octanol–water partition coefficient (Wildman–Crippen LogP) is 2.88. The normalized spacial score (nSPS) is 11.7. The van der Waals surface area contributed by atoms with Crippen molar-refractivity contribution < 1.29 is 19.1 Å². The molecule has 2 aromatic heterocycles. The molecule has 29 heavy (non-hydrogen) atoms. The summed E-state index contributed by atoms with van der Waals surface area (Å²) in [5, 5.41) is 13.2. The molecule has 10 heteroatoms. The summed E-state index contributed by atoms with van der Waals surface area (Å²) in [7, 11) is 3.10. The Morgan fingerprint density at radius 1 is 1.14 bits per heavy atom. The van der Waals surface area contributed by atoms with Gasteiger partial charge in [-0.15, -0.1) is 11.3 Å². The van der Waals surface area contributed by atoms with Gasteiger partial charge in [-0.3, -0.25) is 19.6 Å². The number of hydrogen-bond acceptors (Lipinski definition) is 6. The summed E-state index contributed by atoms with van der Waals surface area (Å²) in [6.45, 7) is 3.50. The number of fused-ring (bicyclic) bond motifs is 1. The van der Waals surface area contributed by atoms with E-state index in [1.165, 1.54) is 18.4 Å². The van der Waals surface area contributed by atoms with Crippen LogP contribution in [0.4, 0.5) is 16.2 Å². The van der Waals surface area contributed by atoms with E-state index >= 15 is 0 Å². The van der Waals surface area contributed by atoms with Gasteiger partial charge in [0, 0.05) is 23.8 Å². The molecule has 1 unspecified atom stereocenters. The van der Waals surface area contributed by atoms with Crippen LogP contribution in [0, 0.1) is 6.92 Å². The van der Waals surface area contributed by atoms with Crippen molar-refractivity contribution in [1.82, 2.24) is 15.1 Å². The van der Waals surface area contributed by atoms with E-state index in [9.17, 15) is 14.4 Å². The van der Waals surface area contributed by atoms with Crippen molar-refractivity contribution in [2.24, 2.45) is 7.05 Å². The summed E-state index contributed by atoms with van der Waals surface area (Å²) in [6.07, 6.45) is -0.578. The van der Waals surface area contributed by atoms with Gasteiger partial charge in [-0.2, -0.15) is 5.10 Å². The number of aryl methyl sites for hydroxylation is 2. The quantitative estimate of drug-likeness (QED) is 0.593. The predicted molar refractivity (Wildman–Crippen MR) is 111 cm³/mol. The molecule has 1 atom stereocenters. The van der Waals surface area contributed by atoms with Crippen molar-refractivity contribution in [2.45, 2.75) is 19.9 Å². The molecule has 152 valence electrons. The first-order valence-electron chi connectivity index (χ1n) is 8.78. The maximum absolute atomic E-state index is 12.5. The first-order valence-corrected chi connectivity index (χ1v) is 9.60. The number of ether oxygens (including phenoxy) is 1. The molecule has 3 aromatic rings. The number of thiophene rings is 1. The number of nitrogens with one attached hydrogen (secondary N) is 3. The molecular weight excluding hydrogens is 394 g/mol. The molecule has 0 radical (unpaired) electrons. The lowest BCUT2D eigenvalue weighted by Crippen LogP contribution is -2.41. The van der Waals surface area contributed by atoms with Gasteiger partial charge in [0.2, 0.25) is 5.91 Å². The van der Waals surface area contributed by atoms with Gasteiger partial charge in [0.05, 0.1) is 17.7 Å². The first kappa shape index (κ1) is 20.3. The summed E-state index contributed by atoms with van der Waals surface area (Å²) >= 11 is 1.33. The smallest absolute Gasteiger partial charge is 0.411 e. The largest absolute Gasteiger partial charge is 0.453 e. The highest BCUT2D eigenvalue weighted by Gasteiger charge is 2.20. The van der Waals surface area contributed by atoms with E-state index in [1.54, 1.807) is 41.9 Å². The number of aromatic nitrogens is 2. The molecular formula is C19H21N5O4S. The van der Waals surface area contributed by atoms with Gasteiger partial charge >= 0.3 is 6.09 Å². The van der Waals surface area contributed by atoms with E-state index in [2.05, 4.69) is 25.8 Å². The minimum Gasteiger partial charge on any atom is -0.453 e. The fourth-order valence-electron chi connectivity index (χ4n) is 2.71. The number of hydrogen-bond donors (Lipinski definition) is 3. The Morgan fingerprint density at radius 2 is 1.76 bits per heavy atom. The van der Waals surface area contributed by atoms with E-state index in [-0.39, 0.29) is 11.8 Å². The van der Waals surface area contributed by atoms with Crippen molar-refractivity contribution in [1.29, 1.82) is 0 Å². The lowest BCUT2D eigenvalue weighted by molar-refractivity contribution is -0.117. The molecule has 1 aromatic carbocycles. The van der Waals surface area contributed by atoms with Crippen molar-refractivity contribution in [3.8, 4) is 0 Å². The third-order valence-electron chi connectivity index (χ3n) is 4.25. The van der Waals surface area contributed by atoms with Crippen LogP contribution in [0.25, 0.3) is 10.2 Å². The highest BCUT2D eigenvalue weighted by Crippen LogP contribution is 2.27. The average Bonchev–Trinajstić information content (AvgIpc) is 3.24. The third-order valence-corrected chi connectivity index (χ3v) is 5.45. The zero-order chi connectivity index (χ0) is 21.1. The summed E-state index contributed by atoms with van der Waals surface area (Å²) < 4.78 is 6.25. The monoisotopic (exact) mass is 415 g/mol. The maximum Gasteiger partial charge on any atom is 0.411 e. The van der Waals surface area contributed by atoms with Crippen molar-refractivity contribution >= 4 is 50.8 Å². The maximum atomic E-state index is 12.5. The van der Waals surface area contributed by atoms with Crippen LogP contribution in [0.5, 0.6) is 0 Å². The first-order chi connectivity index (χ1) is 13.8. The van der Waals surface area contributed by atoms with Gasteiger partial charge in [-0.25, -0.2) is 4.79 Å². The Balaban J connectivity index is 1.60. The molecule has 3 N–H and O–H groups in total. The van der Waals surface area contributed by atoms with Gasteiger partial charge in [0.15, 0.2) is 0 Å². The van der Waals surface area contributed by atoms with Crippen LogP contribution in [0.15, 0.2) is 30.3 Å². The number of anilines is 2. The molecule has 3 rings (SSSR count). The average molecular weight is 415 g/mol. The minimum absolute atomic E-state index is 0.314. The fraction of sp³-hybridized carbons (Fsp3) is 0.263. The minimum atomic E-state index is -0.736. The van der Waals surface area contributed by atoms with Crippen molar-refractivity contribution in [2.75, 3.05) is 17.7 Å². The molecule has 0 aliphatic rings. The van der Waals surface area contributed by atoms with E-state index in [4.69, 9.17) is 0 Å². The van der Waals surface area contributed by atoms with Gasteiger partial charge < -0.3 is 15.4 Å². The Labute approximate surface area is 171 Å². The van der Waals surface area contributed by atoms with Crippen molar-refractivity contribution in [3.05, 3.63) is 40.9 Å². The Morgan fingerprint density at radius 3 is 2.34 bits per heavy atom. The second-order valence-electron chi connectivity index (χ2n) is 6.42. The number of benzene rings is 1. The highest BCUT2D eigenvalue weighted by atomic mass is 32.1. The second-order valence-corrected chi connectivity index (χ2v) is 7.45. The molecule has 0 fully saturated rings. The SMILES string of the molecule is COC(=O)Nc1ccc(NC(=O)C(C)NC(=O)c2cc3c(C)nn(C)c3s2)cc1. The van der Waals surface area contributed by atoms with E-state index in [0.717, 1.165) is 15.9 Å². The Bertz CT molecular complexity index is 1040. The number of carbonyl (C=O) groups is 3. The van der Waals surface area contributed by atoms with E-state index in [0.29, 0.717) is 16.3 Å². The fourth-order valence-corrected chi connectivity index (χ4v) is 3.73. The Hall–Kier alpha value is -3.40. The van der Waals surface area contributed by atoms with Gasteiger partial charge in [-0.1, -0.05) is 0 Å². The standard InChI is InChI=1S/C19H21N5O4S/c1-10-14-9-15(29-18(14)24(3)23-10)17(26)20-11(2)16(25)21-12-5-7-13(8-6-12)22-19(27)28-4/h5-9,11H,1-4H3,(H,20,26)(H,21,25)(H,22,27). The summed E-state index contributed by atoms with van der Waals surface area (Å²) in [6, 6.07) is 7.58. The number of nitrogens with zero attached hydrogens (tertiary/aromatic N) is 2. The van der Waals surface area contributed by atoms with Crippen molar-refractivity contribution in [3.63, 3.8) is 0 Å². The number of rotatable bonds is 5. The van der Waals surface area contributed by atoms with Gasteiger partial charge in [-0.05, 0) is 44.2 Å². The number of methoxy groups -OCH3 is 1. The van der Waals surface area contributed by atoms with Crippen LogP contribution in [0.3, 0.4) is 0 Å². The van der Waals surface area contributed by atoms with E-state index in [1.807, 2.05) is 14.0 Å². The molecule has 9 nitrogen and oxygen atoms in total. The third kappa shape index (κ3) is 4.54. The molecule has 0 saturated carbocycles. The molecule has 3 amide bonds. The van der Waals surface area contributed by atoms with Crippen LogP contribution in [0.2, 0.25) is 0 Å². The Kier molecular flexibility index (Phi) is 5.83. The molecule has 2 heterocycles. The number of carbonyl (C=O) groups excluding carboxylic acids is 3. The topological polar surface area (TPSA) is 114 Å². The molecule has 0 saturated heterocycles. The summed E-state index contributed by atoms with van der Waals surface area (Å²) in [5.41, 5.74) is 1.93. The van der Waals surface area contributed by atoms with Crippen LogP contribution < -0.4 is 16.0 Å². The molecule has 0 aliphatic heterocycles. The number of amides is 3. The lowest BCUT2D eigenvalue weighted by atomic mass is 10.2.